The Labute approximate surface area is 97.7 Å². The van der Waals surface area contributed by atoms with E-state index in [1.165, 1.54) is 37.3 Å². The van der Waals surface area contributed by atoms with Crippen LogP contribution in [0.15, 0.2) is 42.5 Å². The average molecular weight is 232 g/mol. The molecule has 0 fully saturated rings. The molecule has 0 saturated carbocycles. The molecule has 0 aliphatic carbocycles. The molecule has 2 aromatic carbocycles. The highest BCUT2D eigenvalue weighted by molar-refractivity contribution is 6.01. The third-order valence-electron chi connectivity index (χ3n) is 2.53. The highest BCUT2D eigenvalue weighted by atomic mass is 19.1. The van der Waals surface area contributed by atoms with Crippen molar-refractivity contribution in [1.29, 1.82) is 0 Å². The topological polar surface area (TPSA) is 17.1 Å². The average Bonchev–Trinajstić information content (AvgIpc) is 2.28. The summed E-state index contributed by atoms with van der Waals surface area (Å²) in [6.07, 6.45) is 0. The molecular formula is C14H10F2O. The molecule has 3 heteroatoms. The van der Waals surface area contributed by atoms with Gasteiger partial charge in [-0.2, -0.15) is 0 Å². The maximum atomic E-state index is 13.6. The lowest BCUT2D eigenvalue weighted by Gasteiger charge is -2.08. The molecule has 0 heterocycles. The number of carbonyl (C=O) groups is 1. The van der Waals surface area contributed by atoms with E-state index in [9.17, 15) is 13.6 Å². The first kappa shape index (κ1) is 11.5. The minimum atomic E-state index is -0.627. The van der Waals surface area contributed by atoms with Crippen molar-refractivity contribution < 1.29 is 13.6 Å². The molecule has 0 saturated heterocycles. The van der Waals surface area contributed by atoms with Crippen LogP contribution in [0, 0.1) is 11.6 Å². The third kappa shape index (κ3) is 2.09. The van der Waals surface area contributed by atoms with E-state index < -0.39 is 17.4 Å². The van der Waals surface area contributed by atoms with Gasteiger partial charge in [0.15, 0.2) is 5.78 Å². The first-order chi connectivity index (χ1) is 8.11. The fourth-order valence-corrected chi connectivity index (χ4v) is 1.79. The van der Waals surface area contributed by atoms with Crippen LogP contribution < -0.4 is 0 Å². The largest absolute Gasteiger partial charge is 0.294 e. The van der Waals surface area contributed by atoms with Crippen molar-refractivity contribution in [3.63, 3.8) is 0 Å². The van der Waals surface area contributed by atoms with Crippen LogP contribution in [0.1, 0.15) is 17.3 Å². The maximum Gasteiger partial charge on any atom is 0.163 e. The van der Waals surface area contributed by atoms with Gasteiger partial charge in [0.25, 0.3) is 0 Å². The standard InChI is InChI=1S/C14H10F2O/c1-9(17)14-11(6-4-8-13(14)16)10-5-2-3-7-12(10)15/h2-8H,1H3. The Morgan fingerprint density at radius 3 is 2.12 bits per heavy atom. The number of benzene rings is 2. The van der Waals surface area contributed by atoms with Gasteiger partial charge in [-0.3, -0.25) is 4.79 Å². The Hall–Kier alpha value is -2.03. The Kier molecular flexibility index (Phi) is 3.00. The van der Waals surface area contributed by atoms with Gasteiger partial charge in [0.05, 0.1) is 5.56 Å². The minimum absolute atomic E-state index is 0.0717. The Morgan fingerprint density at radius 1 is 0.882 bits per heavy atom. The van der Waals surface area contributed by atoms with E-state index in [2.05, 4.69) is 0 Å². The number of rotatable bonds is 2. The number of ketones is 1. The van der Waals surface area contributed by atoms with Crippen molar-refractivity contribution in [2.24, 2.45) is 0 Å². The summed E-state index contributed by atoms with van der Waals surface area (Å²) in [5, 5.41) is 0. The second-order valence-electron chi connectivity index (χ2n) is 3.70. The van der Waals surface area contributed by atoms with Gasteiger partial charge in [0, 0.05) is 5.56 Å². The Balaban J connectivity index is 2.72. The van der Waals surface area contributed by atoms with Crippen LogP contribution in [-0.2, 0) is 0 Å². The molecule has 0 aliphatic rings. The van der Waals surface area contributed by atoms with Gasteiger partial charge in [0.2, 0.25) is 0 Å². The molecule has 0 amide bonds. The summed E-state index contributed by atoms with van der Waals surface area (Å²) in [4.78, 5) is 11.4. The molecule has 0 aromatic heterocycles. The van der Waals surface area contributed by atoms with E-state index in [1.807, 2.05) is 0 Å². The fraction of sp³-hybridized carbons (Fsp3) is 0.0714. The van der Waals surface area contributed by atoms with Crippen LogP contribution >= 0.6 is 0 Å². The van der Waals surface area contributed by atoms with Gasteiger partial charge in [-0.25, -0.2) is 8.78 Å². The molecule has 0 radical (unpaired) electrons. The number of hydrogen-bond donors (Lipinski definition) is 0. The Morgan fingerprint density at radius 2 is 1.47 bits per heavy atom. The van der Waals surface area contributed by atoms with E-state index in [0.717, 1.165) is 0 Å². The monoisotopic (exact) mass is 232 g/mol. The van der Waals surface area contributed by atoms with Crippen LogP contribution in [0.25, 0.3) is 11.1 Å². The zero-order valence-corrected chi connectivity index (χ0v) is 9.21. The quantitative estimate of drug-likeness (QED) is 0.719. The third-order valence-corrected chi connectivity index (χ3v) is 2.53. The highest BCUT2D eigenvalue weighted by Gasteiger charge is 2.16. The molecule has 0 bridgehead atoms. The first-order valence-electron chi connectivity index (χ1n) is 5.15. The molecule has 2 aromatic rings. The van der Waals surface area contributed by atoms with Crippen LogP contribution in [-0.4, -0.2) is 5.78 Å². The molecular weight excluding hydrogens is 222 g/mol. The molecule has 0 unspecified atom stereocenters. The van der Waals surface area contributed by atoms with Crippen molar-refractivity contribution in [2.45, 2.75) is 6.92 Å². The molecule has 1 nitrogen and oxygen atoms in total. The van der Waals surface area contributed by atoms with Gasteiger partial charge in [0.1, 0.15) is 11.6 Å². The summed E-state index contributed by atoms with van der Waals surface area (Å²) in [5.74, 6) is -1.51. The van der Waals surface area contributed by atoms with Crippen molar-refractivity contribution >= 4 is 5.78 Å². The van der Waals surface area contributed by atoms with Crippen molar-refractivity contribution in [3.05, 3.63) is 59.7 Å². The van der Waals surface area contributed by atoms with Gasteiger partial charge in [-0.15, -0.1) is 0 Å². The maximum absolute atomic E-state index is 13.6. The molecule has 0 spiro atoms. The van der Waals surface area contributed by atoms with Crippen LogP contribution in [0.5, 0.6) is 0 Å². The van der Waals surface area contributed by atoms with Gasteiger partial charge >= 0.3 is 0 Å². The molecule has 0 aliphatic heterocycles. The van der Waals surface area contributed by atoms with E-state index in [-0.39, 0.29) is 16.7 Å². The summed E-state index contributed by atoms with van der Waals surface area (Å²) >= 11 is 0. The number of carbonyl (C=O) groups excluding carboxylic acids is 1. The number of Topliss-reactive ketones (excluding diaryl/α,β-unsaturated/α-hetero) is 1. The Bertz CT molecular complexity index is 576. The lowest BCUT2D eigenvalue weighted by atomic mass is 9.96. The zero-order valence-electron chi connectivity index (χ0n) is 9.21. The van der Waals surface area contributed by atoms with E-state index in [1.54, 1.807) is 12.1 Å². The zero-order chi connectivity index (χ0) is 12.4. The van der Waals surface area contributed by atoms with Gasteiger partial charge in [-0.05, 0) is 24.6 Å². The molecule has 0 N–H and O–H groups in total. The molecule has 17 heavy (non-hydrogen) atoms. The fourth-order valence-electron chi connectivity index (χ4n) is 1.79. The lowest BCUT2D eigenvalue weighted by Crippen LogP contribution is -2.01. The smallest absolute Gasteiger partial charge is 0.163 e. The first-order valence-corrected chi connectivity index (χ1v) is 5.15. The molecule has 86 valence electrons. The highest BCUT2D eigenvalue weighted by Crippen LogP contribution is 2.28. The normalized spacial score (nSPS) is 10.3. The number of halogens is 2. The second kappa shape index (κ2) is 4.45. The minimum Gasteiger partial charge on any atom is -0.294 e. The second-order valence-corrected chi connectivity index (χ2v) is 3.70. The van der Waals surface area contributed by atoms with E-state index in [0.29, 0.717) is 0 Å². The molecule has 0 atom stereocenters. The van der Waals surface area contributed by atoms with Crippen LogP contribution in [0.3, 0.4) is 0 Å². The SMILES string of the molecule is CC(=O)c1c(F)cccc1-c1ccccc1F. The lowest BCUT2D eigenvalue weighted by molar-refractivity contribution is 0.101. The summed E-state index contributed by atoms with van der Waals surface area (Å²) in [6.45, 7) is 1.27. The van der Waals surface area contributed by atoms with Crippen molar-refractivity contribution in [2.75, 3.05) is 0 Å². The van der Waals surface area contributed by atoms with Crippen LogP contribution in [0.4, 0.5) is 8.78 Å². The van der Waals surface area contributed by atoms with Crippen LogP contribution in [0.2, 0.25) is 0 Å². The summed E-state index contributed by atoms with van der Waals surface area (Å²) in [7, 11) is 0. The van der Waals surface area contributed by atoms with E-state index in [4.69, 9.17) is 0 Å². The summed E-state index contributed by atoms with van der Waals surface area (Å²) in [6, 6.07) is 10.2. The predicted molar refractivity (Wildman–Crippen MR) is 61.8 cm³/mol. The van der Waals surface area contributed by atoms with E-state index >= 15 is 0 Å². The van der Waals surface area contributed by atoms with Crippen molar-refractivity contribution in [3.8, 4) is 11.1 Å². The van der Waals surface area contributed by atoms with Gasteiger partial charge < -0.3 is 0 Å². The summed E-state index contributed by atoms with van der Waals surface area (Å²) in [5.41, 5.74) is 0.449. The predicted octanol–water partition coefficient (Wildman–Crippen LogP) is 3.83. The van der Waals surface area contributed by atoms with Gasteiger partial charge in [-0.1, -0.05) is 30.3 Å². The number of hydrogen-bond acceptors (Lipinski definition) is 1. The van der Waals surface area contributed by atoms with Crippen molar-refractivity contribution in [1.82, 2.24) is 0 Å². The summed E-state index contributed by atoms with van der Waals surface area (Å²) < 4.78 is 27.2. The molecule has 2 rings (SSSR count).